The van der Waals surface area contributed by atoms with E-state index in [1.807, 2.05) is 20.2 Å². The molecule has 11 heteroatoms. The Hall–Kier alpha value is -1.43. The Morgan fingerprint density at radius 1 is 1.00 bits per heavy atom. The molecule has 0 fully saturated rings. The van der Waals surface area contributed by atoms with Crippen LogP contribution in [-0.2, 0) is 25.9 Å². The molecular formula is C24H33Cl2N3O5S. The third kappa shape index (κ3) is 7.08. The van der Waals surface area contributed by atoms with Crippen LogP contribution in [0.4, 0.5) is 0 Å². The van der Waals surface area contributed by atoms with Crippen LogP contribution in [0.2, 0.25) is 10.0 Å². The summed E-state index contributed by atoms with van der Waals surface area (Å²) >= 11 is 12.7. The molecule has 35 heavy (non-hydrogen) atoms. The fourth-order valence-corrected chi connectivity index (χ4v) is 5.69. The molecular weight excluding hydrogens is 513 g/mol. The van der Waals surface area contributed by atoms with E-state index in [0.717, 1.165) is 17.5 Å². The van der Waals surface area contributed by atoms with E-state index in [4.69, 9.17) is 43.1 Å². The van der Waals surface area contributed by atoms with Gasteiger partial charge >= 0.3 is 0 Å². The van der Waals surface area contributed by atoms with Crippen LogP contribution in [-0.4, -0.2) is 84.3 Å². The lowest BCUT2D eigenvalue weighted by Gasteiger charge is -2.27. The number of fused-ring (bicyclic) bond motifs is 1. The molecule has 0 heterocycles. The smallest absolute Gasteiger partial charge is 0.242 e. The summed E-state index contributed by atoms with van der Waals surface area (Å²) in [6, 6.07) is 10.1. The molecule has 0 radical (unpaired) electrons. The summed E-state index contributed by atoms with van der Waals surface area (Å²) in [5, 5.41) is 1.18. The van der Waals surface area contributed by atoms with Crippen LogP contribution in [0.1, 0.15) is 17.2 Å². The molecule has 3 rings (SSSR count). The van der Waals surface area contributed by atoms with Gasteiger partial charge in [0.1, 0.15) is 11.9 Å². The molecule has 0 spiro atoms. The molecule has 0 saturated heterocycles. The number of rotatable bonds is 13. The van der Waals surface area contributed by atoms with E-state index in [9.17, 15) is 8.42 Å². The van der Waals surface area contributed by atoms with Gasteiger partial charge in [0, 0.05) is 35.7 Å². The summed E-state index contributed by atoms with van der Waals surface area (Å²) in [4.78, 5) is 2.27. The Morgan fingerprint density at radius 3 is 2.29 bits per heavy atom. The fourth-order valence-electron chi connectivity index (χ4n) is 3.95. The van der Waals surface area contributed by atoms with Crippen molar-refractivity contribution in [2.45, 2.75) is 23.5 Å². The topological polar surface area (TPSA) is 94.3 Å². The molecule has 1 aliphatic carbocycles. The van der Waals surface area contributed by atoms with Crippen LogP contribution in [0, 0.1) is 0 Å². The summed E-state index contributed by atoms with van der Waals surface area (Å²) in [5.74, 6) is 0.563. The van der Waals surface area contributed by atoms with Gasteiger partial charge in [0.05, 0.1) is 37.4 Å². The number of benzene rings is 2. The van der Waals surface area contributed by atoms with Gasteiger partial charge in [0.25, 0.3) is 0 Å². The zero-order chi connectivity index (χ0) is 25.6. The summed E-state index contributed by atoms with van der Waals surface area (Å²) in [6.07, 6.45) is 0.453. The van der Waals surface area contributed by atoms with Crippen molar-refractivity contribution < 1.29 is 22.6 Å². The Kier molecular flexibility index (Phi) is 10.2. The number of nitrogens with two attached hydrogens (primary N) is 1. The van der Waals surface area contributed by atoms with Gasteiger partial charge < -0.3 is 24.8 Å². The highest BCUT2D eigenvalue weighted by atomic mass is 35.5. The molecule has 1 aliphatic rings. The van der Waals surface area contributed by atoms with Gasteiger partial charge in [0.2, 0.25) is 10.0 Å². The first-order chi connectivity index (χ1) is 16.6. The highest BCUT2D eigenvalue weighted by Crippen LogP contribution is 2.42. The maximum Gasteiger partial charge on any atom is 0.242 e. The second-order valence-corrected chi connectivity index (χ2v) is 11.4. The van der Waals surface area contributed by atoms with Crippen molar-refractivity contribution >= 4 is 33.2 Å². The molecule has 0 bridgehead atoms. The minimum absolute atomic E-state index is 0.0659. The summed E-state index contributed by atoms with van der Waals surface area (Å²) in [7, 11) is 1.85. The van der Waals surface area contributed by atoms with Crippen molar-refractivity contribution in [3.63, 3.8) is 0 Å². The van der Waals surface area contributed by atoms with E-state index in [1.54, 1.807) is 30.3 Å². The molecule has 0 saturated carbocycles. The van der Waals surface area contributed by atoms with Crippen molar-refractivity contribution in [3.05, 3.63) is 57.6 Å². The zero-order valence-corrected chi connectivity index (χ0v) is 22.6. The van der Waals surface area contributed by atoms with Gasteiger partial charge in [-0.05, 0) is 62.5 Å². The Morgan fingerprint density at radius 2 is 1.66 bits per heavy atom. The van der Waals surface area contributed by atoms with E-state index in [-0.39, 0.29) is 30.2 Å². The predicted octanol–water partition coefficient (Wildman–Crippen LogP) is 3.21. The standard InChI is InChI=1S/C24H33Cl2N3O5S/c1-28(2)23-16-20-21(14-17(25)15-22(20)26)24(23)34-18-4-6-19(7-5-18)35(30,31)29(3)9-11-33-13-12-32-10-8-27/h4-7,14-15,23-24H,8-13,16,27H2,1-3H3/t23-,24-/m0/s1. The van der Waals surface area contributed by atoms with Crippen molar-refractivity contribution in [2.75, 3.05) is 60.7 Å². The van der Waals surface area contributed by atoms with Gasteiger partial charge in [-0.1, -0.05) is 23.2 Å². The molecule has 0 aromatic heterocycles. The molecule has 2 atom stereocenters. The zero-order valence-electron chi connectivity index (χ0n) is 20.2. The summed E-state index contributed by atoms with van der Waals surface area (Å²) in [5.41, 5.74) is 7.32. The van der Waals surface area contributed by atoms with Gasteiger partial charge in [-0.25, -0.2) is 8.42 Å². The predicted molar refractivity (Wildman–Crippen MR) is 138 cm³/mol. The number of likely N-dealkylation sites (N-methyl/N-ethyl adjacent to an activating group) is 2. The molecule has 194 valence electrons. The van der Waals surface area contributed by atoms with Crippen molar-refractivity contribution in [3.8, 4) is 5.75 Å². The van der Waals surface area contributed by atoms with Crippen LogP contribution < -0.4 is 10.5 Å². The quantitative estimate of drug-likeness (QED) is 0.386. The minimum atomic E-state index is -3.66. The number of hydrogen-bond donors (Lipinski definition) is 1. The van der Waals surface area contributed by atoms with Crippen LogP contribution in [0.5, 0.6) is 5.75 Å². The average molecular weight is 547 g/mol. The molecule has 0 unspecified atom stereocenters. The van der Waals surface area contributed by atoms with E-state index >= 15 is 0 Å². The summed E-state index contributed by atoms with van der Waals surface area (Å²) < 4.78 is 44.1. The lowest BCUT2D eigenvalue weighted by Crippen LogP contribution is -2.34. The normalized spacial score (nSPS) is 17.8. The third-order valence-corrected chi connectivity index (χ3v) is 8.33. The second kappa shape index (κ2) is 12.7. The molecule has 0 amide bonds. The summed E-state index contributed by atoms with van der Waals surface area (Å²) in [6.45, 7) is 2.23. The number of nitrogens with zero attached hydrogens (tertiary/aromatic N) is 2. The second-order valence-electron chi connectivity index (χ2n) is 8.54. The average Bonchev–Trinajstić information content (AvgIpc) is 3.17. The number of ether oxygens (including phenoxy) is 3. The van der Waals surface area contributed by atoms with Crippen molar-refractivity contribution in [1.29, 1.82) is 0 Å². The Labute approximate surface area is 217 Å². The molecule has 2 aromatic rings. The first-order valence-electron chi connectivity index (χ1n) is 11.4. The third-order valence-electron chi connectivity index (χ3n) is 5.91. The van der Waals surface area contributed by atoms with E-state index in [0.29, 0.717) is 42.2 Å². The maximum absolute atomic E-state index is 12.9. The van der Waals surface area contributed by atoms with E-state index in [2.05, 4.69) is 4.90 Å². The van der Waals surface area contributed by atoms with Crippen molar-refractivity contribution in [1.82, 2.24) is 9.21 Å². The van der Waals surface area contributed by atoms with Gasteiger partial charge in [0.15, 0.2) is 0 Å². The minimum Gasteiger partial charge on any atom is -0.484 e. The van der Waals surface area contributed by atoms with Gasteiger partial charge in [-0.15, -0.1) is 0 Å². The monoisotopic (exact) mass is 545 g/mol. The lowest BCUT2D eigenvalue weighted by atomic mass is 10.1. The van der Waals surface area contributed by atoms with Crippen LogP contribution in [0.15, 0.2) is 41.3 Å². The highest BCUT2D eigenvalue weighted by Gasteiger charge is 2.37. The van der Waals surface area contributed by atoms with Crippen LogP contribution in [0.3, 0.4) is 0 Å². The van der Waals surface area contributed by atoms with E-state index in [1.165, 1.54) is 11.4 Å². The van der Waals surface area contributed by atoms with Crippen LogP contribution >= 0.6 is 23.2 Å². The molecule has 2 aromatic carbocycles. The molecule has 2 N–H and O–H groups in total. The number of hydrogen-bond acceptors (Lipinski definition) is 7. The van der Waals surface area contributed by atoms with E-state index < -0.39 is 10.0 Å². The largest absolute Gasteiger partial charge is 0.484 e. The first-order valence-corrected chi connectivity index (χ1v) is 13.6. The molecule has 0 aliphatic heterocycles. The van der Waals surface area contributed by atoms with Crippen molar-refractivity contribution in [2.24, 2.45) is 5.73 Å². The molecule has 8 nitrogen and oxygen atoms in total. The first kappa shape index (κ1) is 28.1. The maximum atomic E-state index is 12.9. The lowest BCUT2D eigenvalue weighted by molar-refractivity contribution is 0.0484. The SMILES string of the molecule is CN(C)[C@H]1Cc2c(Cl)cc(Cl)cc2[C@@H]1Oc1ccc(S(=O)(=O)N(C)CCOCCOCCN)cc1. The fraction of sp³-hybridized carbons (Fsp3) is 0.500. The number of halogens is 2. The van der Waals surface area contributed by atoms with Gasteiger partial charge in [-0.3, -0.25) is 0 Å². The Balaban J connectivity index is 1.64. The van der Waals surface area contributed by atoms with Crippen LogP contribution in [0.25, 0.3) is 0 Å². The van der Waals surface area contributed by atoms with Gasteiger partial charge in [-0.2, -0.15) is 4.31 Å². The number of sulfonamides is 1. The Bertz CT molecular complexity index is 1080. The highest BCUT2D eigenvalue weighted by molar-refractivity contribution is 7.89.